The van der Waals surface area contributed by atoms with Gasteiger partial charge in [0.1, 0.15) is 5.82 Å². The van der Waals surface area contributed by atoms with Gasteiger partial charge in [-0.05, 0) is 37.1 Å². The number of hydrogen-bond acceptors (Lipinski definition) is 2. The van der Waals surface area contributed by atoms with Crippen LogP contribution >= 0.6 is 0 Å². The molecule has 0 amide bonds. The Labute approximate surface area is 103 Å². The van der Waals surface area contributed by atoms with E-state index in [1.54, 1.807) is 13.0 Å². The van der Waals surface area contributed by atoms with Crippen LogP contribution in [0.5, 0.6) is 0 Å². The summed E-state index contributed by atoms with van der Waals surface area (Å²) in [6.07, 6.45) is 1.14. The minimum Gasteiger partial charge on any atom is -0.314 e. The number of nitrogens with zero attached hydrogens (tertiary/aromatic N) is 1. The van der Waals surface area contributed by atoms with Crippen LogP contribution in [0.15, 0.2) is 18.2 Å². The zero-order chi connectivity index (χ0) is 12.3. The highest BCUT2D eigenvalue weighted by atomic mass is 19.1. The van der Waals surface area contributed by atoms with E-state index in [2.05, 4.69) is 17.1 Å². The molecule has 2 rings (SSSR count). The van der Waals surface area contributed by atoms with E-state index in [1.807, 2.05) is 12.1 Å². The summed E-state index contributed by atoms with van der Waals surface area (Å²) in [6.45, 7) is 8.06. The number of nitrogens with one attached hydrogen (secondary N) is 1. The monoisotopic (exact) mass is 236 g/mol. The summed E-state index contributed by atoms with van der Waals surface area (Å²) in [5.74, 6) is -0.0920. The Morgan fingerprint density at radius 2 is 2.18 bits per heavy atom. The van der Waals surface area contributed by atoms with Crippen molar-refractivity contribution in [2.24, 2.45) is 0 Å². The molecule has 94 valence electrons. The predicted octanol–water partition coefficient (Wildman–Crippen LogP) is 2.32. The van der Waals surface area contributed by atoms with E-state index in [1.165, 1.54) is 0 Å². The van der Waals surface area contributed by atoms with Crippen LogP contribution in [0.2, 0.25) is 0 Å². The second-order valence-electron chi connectivity index (χ2n) is 4.87. The number of rotatable bonds is 5. The summed E-state index contributed by atoms with van der Waals surface area (Å²) < 4.78 is 13.5. The molecule has 0 saturated carbocycles. The first kappa shape index (κ1) is 12.5. The van der Waals surface area contributed by atoms with Crippen LogP contribution in [0.1, 0.15) is 24.5 Å². The lowest BCUT2D eigenvalue weighted by Gasteiger charge is -2.38. The zero-order valence-corrected chi connectivity index (χ0v) is 10.7. The maximum Gasteiger partial charge on any atom is 0.126 e. The fraction of sp³-hybridized carbons (Fsp3) is 0.571. The van der Waals surface area contributed by atoms with E-state index in [9.17, 15) is 4.39 Å². The van der Waals surface area contributed by atoms with E-state index in [4.69, 9.17) is 0 Å². The van der Waals surface area contributed by atoms with Crippen LogP contribution in [0.25, 0.3) is 0 Å². The molecule has 1 N–H and O–H groups in total. The van der Waals surface area contributed by atoms with Gasteiger partial charge in [0.15, 0.2) is 0 Å². The Bertz CT molecular complexity index is 374. The highest BCUT2D eigenvalue weighted by Crippen LogP contribution is 2.15. The topological polar surface area (TPSA) is 15.3 Å². The molecule has 0 atom stereocenters. The number of benzene rings is 1. The van der Waals surface area contributed by atoms with Gasteiger partial charge in [0.25, 0.3) is 0 Å². The van der Waals surface area contributed by atoms with Crippen molar-refractivity contribution in [3.8, 4) is 0 Å². The fourth-order valence-corrected chi connectivity index (χ4v) is 2.18. The van der Waals surface area contributed by atoms with Gasteiger partial charge in [-0.1, -0.05) is 19.1 Å². The third kappa shape index (κ3) is 3.05. The molecule has 1 saturated heterocycles. The molecule has 1 heterocycles. The summed E-state index contributed by atoms with van der Waals surface area (Å²) in [6, 6.07) is 6.20. The quantitative estimate of drug-likeness (QED) is 0.844. The van der Waals surface area contributed by atoms with Crippen LogP contribution in [0.4, 0.5) is 4.39 Å². The minimum atomic E-state index is -0.0920. The number of aryl methyl sites for hydroxylation is 1. The molecular formula is C14H21FN2. The summed E-state index contributed by atoms with van der Waals surface area (Å²) in [7, 11) is 0. The SMILES string of the molecule is CCCN(Cc1ccc(C)c(F)c1)C1CNC1. The van der Waals surface area contributed by atoms with Gasteiger partial charge < -0.3 is 5.32 Å². The van der Waals surface area contributed by atoms with E-state index in [-0.39, 0.29) is 5.82 Å². The maximum absolute atomic E-state index is 13.5. The van der Waals surface area contributed by atoms with Crippen molar-refractivity contribution in [1.82, 2.24) is 10.2 Å². The molecule has 0 aromatic heterocycles. The van der Waals surface area contributed by atoms with Gasteiger partial charge in [0, 0.05) is 25.7 Å². The van der Waals surface area contributed by atoms with Gasteiger partial charge in [0.2, 0.25) is 0 Å². The molecule has 1 aromatic carbocycles. The Morgan fingerprint density at radius 1 is 1.41 bits per heavy atom. The Morgan fingerprint density at radius 3 is 2.71 bits per heavy atom. The zero-order valence-electron chi connectivity index (χ0n) is 10.7. The van der Waals surface area contributed by atoms with Crippen molar-refractivity contribution in [3.63, 3.8) is 0 Å². The summed E-state index contributed by atoms with van der Waals surface area (Å²) in [4.78, 5) is 2.45. The lowest BCUT2D eigenvalue weighted by Crippen LogP contribution is -2.56. The molecule has 0 aliphatic carbocycles. The number of halogens is 1. The highest BCUT2D eigenvalue weighted by Gasteiger charge is 2.23. The molecule has 17 heavy (non-hydrogen) atoms. The van der Waals surface area contributed by atoms with Gasteiger partial charge in [-0.2, -0.15) is 0 Å². The van der Waals surface area contributed by atoms with E-state index in [0.29, 0.717) is 6.04 Å². The van der Waals surface area contributed by atoms with Gasteiger partial charge >= 0.3 is 0 Å². The first-order valence-corrected chi connectivity index (χ1v) is 6.40. The molecule has 0 radical (unpaired) electrons. The molecule has 0 spiro atoms. The van der Waals surface area contributed by atoms with Crippen molar-refractivity contribution in [2.75, 3.05) is 19.6 Å². The van der Waals surface area contributed by atoms with Crippen LogP contribution < -0.4 is 5.32 Å². The van der Waals surface area contributed by atoms with E-state index in [0.717, 1.165) is 43.7 Å². The summed E-state index contributed by atoms with van der Waals surface area (Å²) in [5.41, 5.74) is 1.80. The molecular weight excluding hydrogens is 215 g/mol. The van der Waals surface area contributed by atoms with Gasteiger partial charge in [-0.25, -0.2) is 4.39 Å². The van der Waals surface area contributed by atoms with Crippen molar-refractivity contribution in [1.29, 1.82) is 0 Å². The molecule has 1 aromatic rings. The molecule has 0 bridgehead atoms. The summed E-state index contributed by atoms with van der Waals surface area (Å²) >= 11 is 0. The second-order valence-corrected chi connectivity index (χ2v) is 4.87. The third-order valence-corrected chi connectivity index (χ3v) is 3.41. The minimum absolute atomic E-state index is 0.0920. The Hall–Kier alpha value is -0.930. The van der Waals surface area contributed by atoms with Gasteiger partial charge in [0.05, 0.1) is 0 Å². The maximum atomic E-state index is 13.5. The van der Waals surface area contributed by atoms with Gasteiger partial charge in [-0.3, -0.25) is 4.90 Å². The molecule has 1 aliphatic rings. The normalized spacial score (nSPS) is 16.2. The molecule has 3 heteroatoms. The van der Waals surface area contributed by atoms with E-state index < -0.39 is 0 Å². The second kappa shape index (κ2) is 5.61. The standard InChI is InChI=1S/C14H21FN2/c1-3-6-17(13-8-16-9-13)10-12-5-4-11(2)14(15)7-12/h4-5,7,13,16H,3,6,8-10H2,1-2H3. The highest BCUT2D eigenvalue weighted by molar-refractivity contribution is 5.23. The lowest BCUT2D eigenvalue weighted by atomic mass is 10.1. The molecule has 1 aliphatic heterocycles. The number of hydrogen-bond donors (Lipinski definition) is 1. The van der Waals surface area contributed by atoms with Crippen molar-refractivity contribution >= 4 is 0 Å². The van der Waals surface area contributed by atoms with Gasteiger partial charge in [-0.15, -0.1) is 0 Å². The van der Waals surface area contributed by atoms with Crippen LogP contribution in [-0.4, -0.2) is 30.6 Å². The first-order chi connectivity index (χ1) is 8.20. The predicted molar refractivity (Wildman–Crippen MR) is 68.5 cm³/mol. The molecule has 2 nitrogen and oxygen atoms in total. The smallest absolute Gasteiger partial charge is 0.126 e. The molecule has 0 unspecified atom stereocenters. The molecule has 1 fully saturated rings. The van der Waals surface area contributed by atoms with Crippen LogP contribution in [-0.2, 0) is 6.54 Å². The summed E-state index contributed by atoms with van der Waals surface area (Å²) in [5, 5.41) is 3.29. The average Bonchev–Trinajstić information content (AvgIpc) is 2.21. The third-order valence-electron chi connectivity index (χ3n) is 3.41. The average molecular weight is 236 g/mol. The van der Waals surface area contributed by atoms with Crippen molar-refractivity contribution in [2.45, 2.75) is 32.9 Å². The Kier molecular flexibility index (Phi) is 4.13. The lowest BCUT2D eigenvalue weighted by molar-refractivity contribution is 0.137. The largest absolute Gasteiger partial charge is 0.314 e. The van der Waals surface area contributed by atoms with E-state index >= 15 is 0 Å². The fourth-order valence-electron chi connectivity index (χ4n) is 2.18. The Balaban J connectivity index is 2.02. The first-order valence-electron chi connectivity index (χ1n) is 6.40. The van der Waals surface area contributed by atoms with Crippen LogP contribution in [0.3, 0.4) is 0 Å². The van der Waals surface area contributed by atoms with Crippen molar-refractivity contribution < 1.29 is 4.39 Å². The van der Waals surface area contributed by atoms with Crippen LogP contribution in [0, 0.1) is 12.7 Å². The van der Waals surface area contributed by atoms with Crippen molar-refractivity contribution in [3.05, 3.63) is 35.1 Å².